The van der Waals surface area contributed by atoms with Gasteiger partial charge in [0.15, 0.2) is 0 Å². The van der Waals surface area contributed by atoms with Gasteiger partial charge >= 0.3 is 0 Å². The van der Waals surface area contributed by atoms with Crippen molar-refractivity contribution in [1.29, 1.82) is 0 Å². The van der Waals surface area contributed by atoms with Crippen LogP contribution in [0.15, 0.2) is 12.3 Å². The minimum absolute atomic E-state index is 0.0723. The third kappa shape index (κ3) is 2.49. The number of carbonyl (C=O) groups excluding carboxylic acids is 1. The minimum atomic E-state index is -0.290. The van der Waals surface area contributed by atoms with Crippen LogP contribution in [0.2, 0.25) is 0 Å². The van der Waals surface area contributed by atoms with Crippen LogP contribution in [0.4, 0.5) is 5.82 Å². The molecule has 0 spiro atoms. The van der Waals surface area contributed by atoms with Gasteiger partial charge in [0, 0.05) is 19.3 Å². The number of aromatic nitrogens is 2. The summed E-state index contributed by atoms with van der Waals surface area (Å²) < 4.78 is 1.59. The van der Waals surface area contributed by atoms with Crippen molar-refractivity contribution < 1.29 is 4.79 Å². The van der Waals surface area contributed by atoms with Crippen molar-refractivity contribution in [2.45, 2.75) is 26.8 Å². The van der Waals surface area contributed by atoms with Gasteiger partial charge in [0.05, 0.1) is 0 Å². The number of nitrogen functional groups attached to an aromatic ring is 1. The van der Waals surface area contributed by atoms with E-state index in [1.165, 1.54) is 0 Å². The molecule has 2 N–H and O–H groups in total. The van der Waals surface area contributed by atoms with E-state index in [-0.39, 0.29) is 11.9 Å². The maximum Gasteiger partial charge on any atom is 0.247 e. The van der Waals surface area contributed by atoms with Gasteiger partial charge in [0.2, 0.25) is 5.91 Å². The average Bonchev–Trinajstić information content (AvgIpc) is 2.65. The molecule has 1 unspecified atom stereocenters. The van der Waals surface area contributed by atoms with E-state index in [0.29, 0.717) is 5.82 Å². The molecule has 15 heavy (non-hydrogen) atoms. The summed E-state index contributed by atoms with van der Waals surface area (Å²) in [4.78, 5) is 13.7. The molecular weight excluding hydrogens is 192 g/mol. The van der Waals surface area contributed by atoms with E-state index in [1.54, 1.807) is 21.8 Å². The van der Waals surface area contributed by atoms with Crippen LogP contribution in [0, 0.1) is 0 Å². The molecule has 1 rings (SSSR count). The standard InChI is InChI=1S/C10H18N4O/c1-4-13(5-2)10(15)8(3)14-7-6-9(11)12-14/h6-8H,4-5H2,1-3H3,(H2,11,12). The maximum atomic E-state index is 11.9. The van der Waals surface area contributed by atoms with Gasteiger partial charge in [-0.25, -0.2) is 0 Å². The maximum absolute atomic E-state index is 11.9. The SMILES string of the molecule is CCN(CC)C(=O)C(C)n1ccc(N)n1. The molecule has 0 aromatic carbocycles. The zero-order valence-electron chi connectivity index (χ0n) is 9.47. The highest BCUT2D eigenvalue weighted by Crippen LogP contribution is 2.10. The number of hydrogen-bond donors (Lipinski definition) is 1. The van der Waals surface area contributed by atoms with Crippen molar-refractivity contribution >= 4 is 11.7 Å². The second-order valence-electron chi connectivity index (χ2n) is 3.41. The molecule has 1 atom stereocenters. The first-order valence-electron chi connectivity index (χ1n) is 5.19. The predicted octanol–water partition coefficient (Wildman–Crippen LogP) is 0.895. The largest absolute Gasteiger partial charge is 0.382 e. The van der Waals surface area contributed by atoms with Crippen LogP contribution in [0.25, 0.3) is 0 Å². The molecule has 0 radical (unpaired) electrons. The number of carbonyl (C=O) groups is 1. The topological polar surface area (TPSA) is 64.2 Å². The Hall–Kier alpha value is -1.52. The number of hydrogen-bond acceptors (Lipinski definition) is 3. The Labute approximate surface area is 89.9 Å². The average molecular weight is 210 g/mol. The molecule has 5 nitrogen and oxygen atoms in total. The van der Waals surface area contributed by atoms with Crippen LogP contribution in [0.3, 0.4) is 0 Å². The molecule has 0 aliphatic heterocycles. The quantitative estimate of drug-likeness (QED) is 0.802. The number of likely N-dealkylation sites (N-methyl/N-ethyl adjacent to an activating group) is 1. The molecule has 1 aromatic heterocycles. The molecule has 0 bridgehead atoms. The Kier molecular flexibility index (Phi) is 3.71. The zero-order chi connectivity index (χ0) is 11.4. The first kappa shape index (κ1) is 11.6. The van der Waals surface area contributed by atoms with Gasteiger partial charge < -0.3 is 10.6 Å². The number of rotatable bonds is 4. The molecule has 0 aliphatic carbocycles. The molecule has 1 amide bonds. The third-order valence-electron chi connectivity index (χ3n) is 2.46. The van der Waals surface area contributed by atoms with E-state index in [2.05, 4.69) is 5.10 Å². The molecule has 0 saturated carbocycles. The lowest BCUT2D eigenvalue weighted by Gasteiger charge is -2.22. The fourth-order valence-electron chi connectivity index (χ4n) is 1.48. The molecule has 0 saturated heterocycles. The van der Waals surface area contributed by atoms with Crippen LogP contribution >= 0.6 is 0 Å². The van der Waals surface area contributed by atoms with Gasteiger partial charge in [-0.1, -0.05) is 0 Å². The Balaban J connectivity index is 2.76. The molecule has 0 fully saturated rings. The van der Waals surface area contributed by atoms with E-state index in [0.717, 1.165) is 13.1 Å². The minimum Gasteiger partial charge on any atom is -0.382 e. The highest BCUT2D eigenvalue weighted by Gasteiger charge is 2.19. The van der Waals surface area contributed by atoms with Gasteiger partial charge in [-0.15, -0.1) is 0 Å². The number of amides is 1. The highest BCUT2D eigenvalue weighted by atomic mass is 16.2. The van der Waals surface area contributed by atoms with Crippen LogP contribution in [-0.2, 0) is 4.79 Å². The summed E-state index contributed by atoms with van der Waals surface area (Å²) in [6, 6.07) is 1.40. The Morgan fingerprint density at radius 3 is 2.60 bits per heavy atom. The van der Waals surface area contributed by atoms with Gasteiger partial charge in [-0.2, -0.15) is 5.10 Å². The fourth-order valence-corrected chi connectivity index (χ4v) is 1.48. The Morgan fingerprint density at radius 1 is 1.60 bits per heavy atom. The van der Waals surface area contributed by atoms with E-state index in [4.69, 9.17) is 5.73 Å². The van der Waals surface area contributed by atoms with E-state index >= 15 is 0 Å². The second kappa shape index (κ2) is 4.82. The lowest BCUT2D eigenvalue weighted by molar-refractivity contribution is -0.134. The van der Waals surface area contributed by atoms with Gasteiger partial charge in [0.1, 0.15) is 11.9 Å². The van der Waals surface area contributed by atoms with Gasteiger partial charge in [0.25, 0.3) is 0 Å². The molecule has 1 aromatic rings. The molecule has 1 heterocycles. The lowest BCUT2D eigenvalue weighted by Crippen LogP contribution is -2.36. The number of nitrogens with zero attached hydrogens (tertiary/aromatic N) is 3. The Bertz CT molecular complexity index is 330. The summed E-state index contributed by atoms with van der Waals surface area (Å²) in [7, 11) is 0. The molecule has 5 heteroatoms. The smallest absolute Gasteiger partial charge is 0.247 e. The van der Waals surface area contributed by atoms with Crippen molar-refractivity contribution in [3.8, 4) is 0 Å². The van der Waals surface area contributed by atoms with Crippen molar-refractivity contribution in [3.05, 3.63) is 12.3 Å². The van der Waals surface area contributed by atoms with Crippen molar-refractivity contribution in [2.75, 3.05) is 18.8 Å². The predicted molar refractivity (Wildman–Crippen MR) is 59.3 cm³/mol. The normalized spacial score (nSPS) is 12.5. The summed E-state index contributed by atoms with van der Waals surface area (Å²) in [5.74, 6) is 0.511. The van der Waals surface area contributed by atoms with Crippen LogP contribution in [0.5, 0.6) is 0 Å². The van der Waals surface area contributed by atoms with Gasteiger partial charge in [-0.05, 0) is 26.8 Å². The summed E-state index contributed by atoms with van der Waals surface area (Å²) in [6.07, 6.45) is 1.72. The first-order valence-corrected chi connectivity index (χ1v) is 5.19. The molecular formula is C10H18N4O. The number of anilines is 1. The fraction of sp³-hybridized carbons (Fsp3) is 0.600. The van der Waals surface area contributed by atoms with E-state index in [1.807, 2.05) is 20.8 Å². The molecule has 84 valence electrons. The van der Waals surface area contributed by atoms with Gasteiger partial charge in [-0.3, -0.25) is 9.48 Å². The van der Waals surface area contributed by atoms with Crippen molar-refractivity contribution in [2.24, 2.45) is 0 Å². The first-order chi connectivity index (χ1) is 7.10. The molecule has 0 aliphatic rings. The van der Waals surface area contributed by atoms with E-state index in [9.17, 15) is 4.79 Å². The third-order valence-corrected chi connectivity index (χ3v) is 2.46. The van der Waals surface area contributed by atoms with E-state index < -0.39 is 0 Å². The second-order valence-corrected chi connectivity index (χ2v) is 3.41. The summed E-state index contributed by atoms with van der Waals surface area (Å²) >= 11 is 0. The Morgan fingerprint density at radius 2 is 2.20 bits per heavy atom. The van der Waals surface area contributed by atoms with Crippen LogP contribution < -0.4 is 5.73 Å². The highest BCUT2D eigenvalue weighted by molar-refractivity contribution is 5.79. The van der Waals surface area contributed by atoms with Crippen LogP contribution in [0.1, 0.15) is 26.8 Å². The summed E-state index contributed by atoms with van der Waals surface area (Å²) in [5.41, 5.74) is 5.50. The van der Waals surface area contributed by atoms with Crippen molar-refractivity contribution in [3.63, 3.8) is 0 Å². The zero-order valence-corrected chi connectivity index (χ0v) is 9.47. The monoisotopic (exact) mass is 210 g/mol. The summed E-state index contributed by atoms with van der Waals surface area (Å²) in [5, 5.41) is 4.03. The lowest BCUT2D eigenvalue weighted by atomic mass is 10.3. The number of nitrogens with two attached hydrogens (primary N) is 1. The van der Waals surface area contributed by atoms with Crippen LogP contribution in [-0.4, -0.2) is 33.7 Å². The summed E-state index contributed by atoms with van der Waals surface area (Å²) in [6.45, 7) is 7.19. The van der Waals surface area contributed by atoms with Crippen molar-refractivity contribution in [1.82, 2.24) is 14.7 Å².